The molecule has 7 nitrogen and oxygen atoms in total. The van der Waals surface area contributed by atoms with Gasteiger partial charge in [-0.15, -0.1) is 0 Å². The fraction of sp³-hybridized carbons (Fsp3) is 0.467. The molecule has 2 N–H and O–H groups in total. The van der Waals surface area contributed by atoms with Gasteiger partial charge in [-0.05, 0) is 18.6 Å². The Labute approximate surface area is 127 Å². The predicted molar refractivity (Wildman–Crippen MR) is 81.6 cm³/mol. The van der Waals surface area contributed by atoms with E-state index in [0.29, 0.717) is 30.0 Å². The molecule has 2 aromatic rings. The van der Waals surface area contributed by atoms with E-state index in [9.17, 15) is 9.59 Å². The van der Waals surface area contributed by atoms with E-state index in [0.717, 1.165) is 12.8 Å². The van der Waals surface area contributed by atoms with Gasteiger partial charge in [0, 0.05) is 6.61 Å². The molecule has 22 heavy (non-hydrogen) atoms. The number of hydrogen-bond acceptors (Lipinski definition) is 6. The number of unbranched alkanes of at least 4 members (excludes halogenated alkanes) is 1. The van der Waals surface area contributed by atoms with Gasteiger partial charge in [0.25, 0.3) is 0 Å². The molecular formula is C15H20N2O5. The molecule has 0 aliphatic carbocycles. The van der Waals surface area contributed by atoms with Crippen molar-refractivity contribution in [3.05, 3.63) is 28.7 Å². The van der Waals surface area contributed by atoms with Crippen LogP contribution in [0.3, 0.4) is 0 Å². The molecule has 0 radical (unpaired) electrons. The maximum absolute atomic E-state index is 11.8. The highest BCUT2D eigenvalue weighted by molar-refractivity contribution is 5.86. The zero-order chi connectivity index (χ0) is 15.9. The monoisotopic (exact) mass is 308 g/mol. The van der Waals surface area contributed by atoms with Crippen molar-refractivity contribution in [2.45, 2.75) is 26.3 Å². The summed E-state index contributed by atoms with van der Waals surface area (Å²) in [7, 11) is 0. The van der Waals surface area contributed by atoms with Gasteiger partial charge in [0.2, 0.25) is 0 Å². The van der Waals surface area contributed by atoms with Crippen molar-refractivity contribution in [3.8, 4) is 0 Å². The Morgan fingerprint density at radius 1 is 1.32 bits per heavy atom. The number of nitrogens with two attached hydrogens (primary N) is 1. The molecule has 1 aromatic carbocycles. The Hall–Kier alpha value is -2.28. The number of benzene rings is 1. The summed E-state index contributed by atoms with van der Waals surface area (Å²) < 4.78 is 16.5. The van der Waals surface area contributed by atoms with Crippen molar-refractivity contribution in [1.29, 1.82) is 0 Å². The molecule has 2 rings (SSSR count). The van der Waals surface area contributed by atoms with Crippen LogP contribution in [0.2, 0.25) is 0 Å². The lowest BCUT2D eigenvalue weighted by Crippen LogP contribution is -2.23. The Morgan fingerprint density at radius 3 is 2.91 bits per heavy atom. The first-order chi connectivity index (χ1) is 10.6. The summed E-state index contributed by atoms with van der Waals surface area (Å²) in [4.78, 5) is 23.6. The third kappa shape index (κ3) is 3.88. The molecular weight excluding hydrogens is 288 g/mol. The number of carbonyl (C=O) groups excluding carboxylic acids is 1. The first-order valence-corrected chi connectivity index (χ1v) is 7.24. The molecule has 0 spiro atoms. The van der Waals surface area contributed by atoms with E-state index >= 15 is 0 Å². The number of oxazole rings is 1. The Morgan fingerprint density at radius 2 is 2.14 bits per heavy atom. The zero-order valence-electron chi connectivity index (χ0n) is 12.5. The molecule has 0 amide bonds. The standard InChI is InChI=1S/C15H20N2O5/c1-2-3-7-20-8-9-21-13(18)10-17-14-11(16)5-4-6-12(14)22-15(17)19/h4-6H,2-3,7-10,16H2,1H3. The van der Waals surface area contributed by atoms with Crippen molar-refractivity contribution in [2.75, 3.05) is 25.6 Å². The quantitative estimate of drug-likeness (QED) is 0.451. The molecule has 0 aliphatic rings. The summed E-state index contributed by atoms with van der Waals surface area (Å²) in [6.45, 7) is 2.98. The fourth-order valence-corrected chi connectivity index (χ4v) is 2.03. The topological polar surface area (TPSA) is 96.7 Å². The second-order valence-electron chi connectivity index (χ2n) is 4.83. The zero-order valence-corrected chi connectivity index (χ0v) is 12.5. The number of ether oxygens (including phenoxy) is 2. The van der Waals surface area contributed by atoms with Crippen molar-refractivity contribution >= 4 is 22.8 Å². The summed E-state index contributed by atoms with van der Waals surface area (Å²) in [6, 6.07) is 4.94. The summed E-state index contributed by atoms with van der Waals surface area (Å²) >= 11 is 0. The molecule has 7 heteroatoms. The van der Waals surface area contributed by atoms with E-state index in [1.165, 1.54) is 4.57 Å². The molecule has 0 bridgehead atoms. The van der Waals surface area contributed by atoms with Crippen LogP contribution < -0.4 is 11.5 Å². The van der Waals surface area contributed by atoms with Crippen LogP contribution in [-0.2, 0) is 20.8 Å². The average Bonchev–Trinajstić information content (AvgIpc) is 2.80. The highest BCUT2D eigenvalue weighted by Gasteiger charge is 2.15. The van der Waals surface area contributed by atoms with Gasteiger partial charge < -0.3 is 19.6 Å². The maximum Gasteiger partial charge on any atom is 0.420 e. The molecule has 120 valence electrons. The number of nitrogens with zero attached hydrogens (tertiary/aromatic N) is 1. The minimum absolute atomic E-state index is 0.155. The maximum atomic E-state index is 11.8. The van der Waals surface area contributed by atoms with Crippen molar-refractivity contribution in [2.24, 2.45) is 0 Å². The molecule has 0 aliphatic heterocycles. The Balaban J connectivity index is 1.92. The van der Waals surface area contributed by atoms with E-state index in [1.54, 1.807) is 18.2 Å². The summed E-state index contributed by atoms with van der Waals surface area (Å²) in [5, 5.41) is 0. The second kappa shape index (κ2) is 7.65. The van der Waals surface area contributed by atoms with Crippen molar-refractivity contribution in [1.82, 2.24) is 4.57 Å². The lowest BCUT2D eigenvalue weighted by molar-refractivity contribution is -0.145. The largest absolute Gasteiger partial charge is 0.462 e. The second-order valence-corrected chi connectivity index (χ2v) is 4.83. The third-order valence-electron chi connectivity index (χ3n) is 3.14. The number of para-hydroxylation sites is 1. The van der Waals surface area contributed by atoms with Crippen LogP contribution >= 0.6 is 0 Å². The minimum Gasteiger partial charge on any atom is -0.462 e. The number of hydrogen-bond donors (Lipinski definition) is 1. The molecule has 0 unspecified atom stereocenters. The molecule has 0 saturated carbocycles. The van der Waals surface area contributed by atoms with Crippen LogP contribution in [0, 0.1) is 0 Å². The van der Waals surface area contributed by atoms with Gasteiger partial charge in [0.05, 0.1) is 12.3 Å². The smallest absolute Gasteiger partial charge is 0.420 e. The average molecular weight is 308 g/mol. The Bertz CT molecular complexity index is 689. The predicted octanol–water partition coefficient (Wildman–Crippen LogP) is 1.54. The van der Waals surface area contributed by atoms with Gasteiger partial charge in [0.15, 0.2) is 5.58 Å². The van der Waals surface area contributed by atoms with Crippen LogP contribution in [-0.4, -0.2) is 30.4 Å². The summed E-state index contributed by atoms with van der Waals surface area (Å²) in [5.74, 6) is -1.17. The van der Waals surface area contributed by atoms with E-state index in [1.807, 2.05) is 0 Å². The number of rotatable bonds is 8. The van der Waals surface area contributed by atoms with Crippen LogP contribution in [0.4, 0.5) is 5.69 Å². The molecule has 1 heterocycles. The fourth-order valence-electron chi connectivity index (χ4n) is 2.03. The van der Waals surface area contributed by atoms with Crippen LogP contribution in [0.15, 0.2) is 27.4 Å². The van der Waals surface area contributed by atoms with E-state index < -0.39 is 11.7 Å². The first kappa shape index (κ1) is 16.1. The highest BCUT2D eigenvalue weighted by atomic mass is 16.6. The van der Waals surface area contributed by atoms with E-state index in [4.69, 9.17) is 19.6 Å². The third-order valence-corrected chi connectivity index (χ3v) is 3.14. The van der Waals surface area contributed by atoms with Gasteiger partial charge >= 0.3 is 11.7 Å². The summed E-state index contributed by atoms with van der Waals surface area (Å²) in [6.07, 6.45) is 2.03. The van der Waals surface area contributed by atoms with Crippen LogP contribution in [0.25, 0.3) is 11.1 Å². The number of esters is 1. The van der Waals surface area contributed by atoms with E-state index in [2.05, 4.69) is 6.92 Å². The van der Waals surface area contributed by atoms with Crippen LogP contribution in [0.1, 0.15) is 19.8 Å². The number of nitrogen functional groups attached to an aromatic ring is 1. The van der Waals surface area contributed by atoms with Crippen molar-refractivity contribution in [3.63, 3.8) is 0 Å². The molecule has 0 fully saturated rings. The Kier molecular flexibility index (Phi) is 5.60. The number of fused-ring (bicyclic) bond motifs is 1. The SMILES string of the molecule is CCCCOCCOC(=O)Cn1c(=O)oc2cccc(N)c21. The molecule has 0 atom stereocenters. The summed E-state index contributed by atoms with van der Waals surface area (Å²) in [5.41, 5.74) is 6.95. The highest BCUT2D eigenvalue weighted by Crippen LogP contribution is 2.19. The van der Waals surface area contributed by atoms with Gasteiger partial charge in [-0.1, -0.05) is 19.4 Å². The number of carbonyl (C=O) groups is 1. The minimum atomic E-state index is -0.635. The molecule has 0 saturated heterocycles. The van der Waals surface area contributed by atoms with Gasteiger partial charge in [0.1, 0.15) is 18.7 Å². The lowest BCUT2D eigenvalue weighted by Gasteiger charge is -2.06. The number of anilines is 1. The van der Waals surface area contributed by atoms with Crippen molar-refractivity contribution < 1.29 is 18.7 Å². The van der Waals surface area contributed by atoms with Gasteiger partial charge in [-0.3, -0.25) is 9.36 Å². The molecule has 1 aromatic heterocycles. The lowest BCUT2D eigenvalue weighted by atomic mass is 10.3. The normalized spacial score (nSPS) is 11.0. The van der Waals surface area contributed by atoms with Gasteiger partial charge in [-0.2, -0.15) is 0 Å². The van der Waals surface area contributed by atoms with Crippen LogP contribution in [0.5, 0.6) is 0 Å². The van der Waals surface area contributed by atoms with E-state index in [-0.39, 0.29) is 13.2 Å². The number of aromatic nitrogens is 1. The van der Waals surface area contributed by atoms with Gasteiger partial charge in [-0.25, -0.2) is 4.79 Å². The first-order valence-electron chi connectivity index (χ1n) is 7.24.